The van der Waals surface area contributed by atoms with Gasteiger partial charge in [-0.05, 0) is 55.8 Å². The van der Waals surface area contributed by atoms with Crippen molar-refractivity contribution < 1.29 is 14.4 Å². The molecule has 5 atom stereocenters. The summed E-state index contributed by atoms with van der Waals surface area (Å²) in [5.74, 6) is 1.43. The summed E-state index contributed by atoms with van der Waals surface area (Å²) in [4.78, 5) is 47.4. The van der Waals surface area contributed by atoms with Gasteiger partial charge in [-0.3, -0.25) is 14.4 Å². The molecule has 4 heterocycles. The Morgan fingerprint density at radius 3 is 2.71 bits per heavy atom. The first-order chi connectivity index (χ1) is 16.2. The number of nitrogen functional groups attached to an aromatic ring is 1. The molecule has 0 aromatic carbocycles. The molecule has 2 bridgehead atoms. The molecule has 34 heavy (non-hydrogen) atoms. The van der Waals surface area contributed by atoms with Crippen LogP contribution >= 0.6 is 11.3 Å². The van der Waals surface area contributed by atoms with Gasteiger partial charge in [0.25, 0.3) is 5.91 Å². The maximum Gasteiger partial charge on any atom is 0.273 e. The van der Waals surface area contributed by atoms with E-state index in [9.17, 15) is 14.4 Å². The number of rotatable bonds is 2. The summed E-state index contributed by atoms with van der Waals surface area (Å²) in [6.45, 7) is 8.40. The van der Waals surface area contributed by atoms with E-state index in [1.807, 2.05) is 4.90 Å². The molecule has 4 rings (SSSR count). The van der Waals surface area contributed by atoms with Crippen LogP contribution in [0.3, 0.4) is 0 Å². The first kappa shape index (κ1) is 24.9. The average Bonchev–Trinajstić information content (AvgIpc) is 3.22. The van der Waals surface area contributed by atoms with Crippen LogP contribution in [0.25, 0.3) is 0 Å². The predicted octanol–water partition coefficient (Wildman–Crippen LogP) is 3.15. The average molecular weight is 490 g/mol. The molecule has 0 aliphatic carbocycles. The molecule has 3 aliphatic rings. The fourth-order valence-electron chi connectivity index (χ4n) is 6.02. The van der Waals surface area contributed by atoms with Crippen LogP contribution in [-0.4, -0.2) is 64.2 Å². The molecule has 188 valence electrons. The number of nitrogens with two attached hydrogens (primary N) is 1. The van der Waals surface area contributed by atoms with Crippen molar-refractivity contribution in [3.63, 3.8) is 0 Å². The smallest absolute Gasteiger partial charge is 0.273 e. The van der Waals surface area contributed by atoms with Crippen molar-refractivity contribution in [2.45, 2.75) is 77.8 Å². The third-order valence-corrected chi connectivity index (χ3v) is 8.54. The largest absolute Gasteiger partial charge is 0.375 e. The minimum Gasteiger partial charge on any atom is -0.375 e. The van der Waals surface area contributed by atoms with Gasteiger partial charge in [0, 0.05) is 49.9 Å². The lowest BCUT2D eigenvalue weighted by atomic mass is 9.77. The molecule has 9 heteroatoms. The number of piperidine rings is 2. The quantitative estimate of drug-likeness (QED) is 0.663. The molecule has 0 unspecified atom stereocenters. The van der Waals surface area contributed by atoms with E-state index in [1.165, 1.54) is 11.3 Å². The van der Waals surface area contributed by atoms with Gasteiger partial charge in [-0.2, -0.15) is 0 Å². The molecule has 0 spiro atoms. The Morgan fingerprint density at radius 1 is 1.21 bits per heavy atom. The zero-order valence-corrected chi connectivity index (χ0v) is 21.5. The van der Waals surface area contributed by atoms with Gasteiger partial charge < -0.3 is 20.9 Å². The normalized spacial score (nSPS) is 31.2. The number of anilines is 1. The van der Waals surface area contributed by atoms with Crippen LogP contribution in [0.15, 0.2) is 5.38 Å². The van der Waals surface area contributed by atoms with Gasteiger partial charge in [0.05, 0.1) is 0 Å². The number of hydrogen-bond donors (Lipinski definition) is 2. The molecular formula is C25H39N5O3S. The second-order valence-corrected chi connectivity index (χ2v) is 11.8. The van der Waals surface area contributed by atoms with Gasteiger partial charge in [0.1, 0.15) is 5.69 Å². The third kappa shape index (κ3) is 5.73. The molecule has 1 aromatic rings. The summed E-state index contributed by atoms with van der Waals surface area (Å²) in [7, 11) is 0. The second kappa shape index (κ2) is 10.6. The Bertz CT molecular complexity index is 903. The Morgan fingerprint density at radius 2 is 2.00 bits per heavy atom. The van der Waals surface area contributed by atoms with Crippen LogP contribution in [0.5, 0.6) is 0 Å². The number of thiazole rings is 1. The molecule has 0 radical (unpaired) electrons. The van der Waals surface area contributed by atoms with Crippen molar-refractivity contribution >= 4 is 34.2 Å². The minimum atomic E-state index is -0.0696. The third-order valence-electron chi connectivity index (χ3n) is 7.87. The molecule has 1 aromatic heterocycles. The van der Waals surface area contributed by atoms with Gasteiger partial charge in [-0.25, -0.2) is 4.98 Å². The van der Waals surface area contributed by atoms with Crippen LogP contribution in [0.2, 0.25) is 0 Å². The van der Waals surface area contributed by atoms with E-state index in [-0.39, 0.29) is 47.6 Å². The topological polar surface area (TPSA) is 109 Å². The summed E-state index contributed by atoms with van der Waals surface area (Å²) in [5.41, 5.74) is 6.16. The number of carbonyl (C=O) groups excluding carboxylic acids is 3. The first-order valence-electron chi connectivity index (χ1n) is 12.8. The SMILES string of the molecule is CC(C)[C@@H]1CC[C@@H](C)CC(=O)N2C[C@H]3C[C@@H](CN(C(=O)c4csc(N)n4)C3)[C@@H]2CCCC(=O)N1. The lowest BCUT2D eigenvalue weighted by Crippen LogP contribution is -2.60. The molecule has 3 aliphatic heterocycles. The number of nitrogens with one attached hydrogen (secondary N) is 1. The van der Waals surface area contributed by atoms with Crippen molar-refractivity contribution in [2.24, 2.45) is 23.7 Å². The molecule has 3 amide bonds. The maximum absolute atomic E-state index is 13.5. The standard InChI is InChI=1S/C25H39N5O3S/c1-15(2)19-8-7-16(3)9-23(32)30-12-17-10-18(21(30)5-4-6-22(31)27-19)13-29(11-17)24(33)20-14-34-25(26)28-20/h14-19,21H,4-13H2,1-3H3,(H2,26,28)(H,27,31)/t16-,17+,18+,19+,21+/m1/s1. The van der Waals surface area contributed by atoms with Gasteiger partial charge in [-0.15, -0.1) is 11.3 Å². The van der Waals surface area contributed by atoms with Gasteiger partial charge in [0.15, 0.2) is 5.13 Å². The summed E-state index contributed by atoms with van der Waals surface area (Å²) in [5, 5.41) is 5.36. The number of amides is 3. The second-order valence-electron chi connectivity index (χ2n) is 11.0. The molecule has 0 saturated carbocycles. The van der Waals surface area contributed by atoms with Crippen molar-refractivity contribution in [1.29, 1.82) is 0 Å². The lowest BCUT2D eigenvalue weighted by molar-refractivity contribution is -0.141. The number of aromatic nitrogens is 1. The number of likely N-dealkylation sites (tertiary alicyclic amines) is 1. The van der Waals surface area contributed by atoms with Gasteiger partial charge in [0.2, 0.25) is 11.8 Å². The molecule has 3 N–H and O–H groups in total. The lowest BCUT2D eigenvalue weighted by Gasteiger charge is -2.51. The van der Waals surface area contributed by atoms with E-state index in [1.54, 1.807) is 5.38 Å². The van der Waals surface area contributed by atoms with Crippen molar-refractivity contribution in [1.82, 2.24) is 20.1 Å². The van der Waals surface area contributed by atoms with Crippen LogP contribution < -0.4 is 11.1 Å². The van der Waals surface area contributed by atoms with Crippen LogP contribution in [-0.2, 0) is 9.59 Å². The van der Waals surface area contributed by atoms with Crippen molar-refractivity contribution in [2.75, 3.05) is 25.4 Å². The fourth-order valence-corrected chi connectivity index (χ4v) is 6.56. The molecule has 3 fully saturated rings. The van der Waals surface area contributed by atoms with Crippen LogP contribution in [0, 0.1) is 23.7 Å². The monoisotopic (exact) mass is 489 g/mol. The number of fused-ring (bicyclic) bond motifs is 4. The molecular weight excluding hydrogens is 450 g/mol. The van der Waals surface area contributed by atoms with Crippen LogP contribution in [0.1, 0.15) is 76.2 Å². The summed E-state index contributed by atoms with van der Waals surface area (Å²) < 4.78 is 0. The van der Waals surface area contributed by atoms with Crippen molar-refractivity contribution in [3.8, 4) is 0 Å². The van der Waals surface area contributed by atoms with E-state index >= 15 is 0 Å². The van der Waals surface area contributed by atoms with E-state index in [4.69, 9.17) is 5.73 Å². The highest BCUT2D eigenvalue weighted by atomic mass is 32.1. The number of hydrogen-bond acceptors (Lipinski definition) is 6. The first-order valence-corrected chi connectivity index (χ1v) is 13.7. The number of carbonyl (C=O) groups is 3. The Kier molecular flexibility index (Phi) is 7.80. The van der Waals surface area contributed by atoms with Crippen molar-refractivity contribution in [3.05, 3.63) is 11.1 Å². The van der Waals surface area contributed by atoms with E-state index in [2.05, 4.69) is 36.0 Å². The van der Waals surface area contributed by atoms with Gasteiger partial charge >= 0.3 is 0 Å². The summed E-state index contributed by atoms with van der Waals surface area (Å²) in [6, 6.07) is 0.230. The van der Waals surface area contributed by atoms with Crippen LogP contribution in [0.4, 0.5) is 5.13 Å². The Hall–Kier alpha value is -2.16. The summed E-state index contributed by atoms with van der Waals surface area (Å²) in [6.07, 6.45) is 5.43. The molecule has 8 nitrogen and oxygen atoms in total. The predicted molar refractivity (Wildman–Crippen MR) is 133 cm³/mol. The number of nitrogens with zero attached hydrogens (tertiary/aromatic N) is 3. The Labute approximate surface area is 206 Å². The van der Waals surface area contributed by atoms with E-state index in [0.717, 1.165) is 32.1 Å². The highest BCUT2D eigenvalue weighted by Gasteiger charge is 2.44. The zero-order chi connectivity index (χ0) is 24.4. The fraction of sp³-hybridized carbons (Fsp3) is 0.760. The zero-order valence-electron chi connectivity index (χ0n) is 20.7. The van der Waals surface area contributed by atoms with E-state index < -0.39 is 0 Å². The highest BCUT2D eigenvalue weighted by Crippen LogP contribution is 2.37. The summed E-state index contributed by atoms with van der Waals surface area (Å²) >= 11 is 1.28. The minimum absolute atomic E-state index is 0.0696. The Balaban J connectivity index is 1.50. The highest BCUT2D eigenvalue weighted by molar-refractivity contribution is 7.13. The maximum atomic E-state index is 13.5. The van der Waals surface area contributed by atoms with E-state index in [0.29, 0.717) is 49.2 Å². The molecule has 3 saturated heterocycles. The van der Waals surface area contributed by atoms with Gasteiger partial charge in [-0.1, -0.05) is 20.8 Å².